The van der Waals surface area contributed by atoms with Crippen molar-refractivity contribution in [3.05, 3.63) is 36.7 Å². The lowest BCUT2D eigenvalue weighted by Gasteiger charge is -2.28. The van der Waals surface area contributed by atoms with Gasteiger partial charge in [0.1, 0.15) is 18.2 Å². The van der Waals surface area contributed by atoms with E-state index in [0.29, 0.717) is 12.3 Å². The molecule has 2 rings (SSSR count). The van der Waals surface area contributed by atoms with E-state index in [4.69, 9.17) is 4.74 Å². The summed E-state index contributed by atoms with van der Waals surface area (Å²) >= 11 is 0. The van der Waals surface area contributed by atoms with E-state index >= 15 is 0 Å². The van der Waals surface area contributed by atoms with Gasteiger partial charge in [-0.3, -0.25) is 0 Å². The summed E-state index contributed by atoms with van der Waals surface area (Å²) in [6, 6.07) is 3.73. The molecule has 0 spiro atoms. The predicted molar refractivity (Wildman–Crippen MR) is 79.2 cm³/mol. The molecular weight excluding hydrogens is 293 g/mol. The van der Waals surface area contributed by atoms with Gasteiger partial charge in [-0.25, -0.2) is 12.8 Å². The summed E-state index contributed by atoms with van der Waals surface area (Å²) in [7, 11) is -3.94. The maximum Gasteiger partial charge on any atom is 0.250 e. The van der Waals surface area contributed by atoms with Crippen molar-refractivity contribution in [3.63, 3.8) is 0 Å². The molecule has 1 aliphatic rings. The monoisotopic (exact) mass is 313 g/mol. The molecule has 1 atom stereocenters. The van der Waals surface area contributed by atoms with Crippen LogP contribution < -0.4 is 4.74 Å². The minimum absolute atomic E-state index is 0.0790. The van der Waals surface area contributed by atoms with Crippen molar-refractivity contribution in [2.75, 3.05) is 13.2 Å². The second-order valence-electron chi connectivity index (χ2n) is 5.52. The van der Waals surface area contributed by atoms with Gasteiger partial charge in [0.25, 0.3) is 0 Å². The van der Waals surface area contributed by atoms with Crippen molar-refractivity contribution in [1.29, 1.82) is 0 Å². The number of nitrogens with zero attached hydrogens (tertiary/aromatic N) is 1. The first-order valence-corrected chi connectivity index (χ1v) is 8.36. The number of hydrogen-bond acceptors (Lipinski definition) is 3. The summed E-state index contributed by atoms with van der Waals surface area (Å²) in [6.45, 7) is 7.97. The molecule has 0 unspecified atom stereocenters. The highest BCUT2D eigenvalue weighted by Crippen LogP contribution is 2.34. The Kier molecular flexibility index (Phi) is 4.68. The second-order valence-corrected chi connectivity index (χ2v) is 7.35. The number of sulfonamides is 1. The van der Waals surface area contributed by atoms with Crippen LogP contribution in [0.2, 0.25) is 0 Å². The number of benzene rings is 1. The van der Waals surface area contributed by atoms with Crippen molar-refractivity contribution < 1.29 is 17.5 Å². The van der Waals surface area contributed by atoms with Crippen LogP contribution in [0.5, 0.6) is 5.75 Å². The minimum atomic E-state index is -3.94. The molecule has 1 aromatic rings. The average Bonchev–Trinajstić information content (AvgIpc) is 2.49. The fraction of sp³-hybridized carbons (Fsp3) is 0.467. The molecule has 4 nitrogen and oxygen atoms in total. The molecule has 116 valence electrons. The van der Waals surface area contributed by atoms with Crippen molar-refractivity contribution in [3.8, 4) is 5.75 Å². The lowest BCUT2D eigenvalue weighted by molar-refractivity contribution is 0.198. The quantitative estimate of drug-likeness (QED) is 0.803. The van der Waals surface area contributed by atoms with Crippen molar-refractivity contribution >= 4 is 10.0 Å². The first-order chi connectivity index (χ1) is 9.87. The molecule has 1 aliphatic heterocycles. The van der Waals surface area contributed by atoms with Crippen LogP contribution >= 0.6 is 0 Å². The number of hydrogen-bond donors (Lipinski definition) is 0. The molecule has 1 heterocycles. The van der Waals surface area contributed by atoms with Crippen LogP contribution in [0, 0.1) is 11.7 Å². The summed E-state index contributed by atoms with van der Waals surface area (Å²) in [4.78, 5) is -0.377. The average molecular weight is 313 g/mol. The van der Waals surface area contributed by atoms with Crippen LogP contribution in [0.3, 0.4) is 0 Å². The Labute approximate surface area is 125 Å². The summed E-state index contributed by atoms with van der Waals surface area (Å²) in [5, 5.41) is 0. The lowest BCUT2D eigenvalue weighted by Crippen LogP contribution is -2.42. The van der Waals surface area contributed by atoms with E-state index in [1.807, 2.05) is 13.8 Å². The zero-order chi connectivity index (χ0) is 15.6. The molecule has 0 radical (unpaired) electrons. The molecule has 21 heavy (non-hydrogen) atoms. The molecule has 0 saturated carbocycles. The third-order valence-electron chi connectivity index (χ3n) is 3.39. The Hall–Kier alpha value is -1.40. The molecule has 0 bridgehead atoms. The summed E-state index contributed by atoms with van der Waals surface area (Å²) in [5.41, 5.74) is 0. The van der Waals surface area contributed by atoms with Crippen molar-refractivity contribution in [2.24, 2.45) is 5.92 Å². The maximum absolute atomic E-state index is 14.0. The molecule has 6 heteroatoms. The van der Waals surface area contributed by atoms with E-state index in [2.05, 4.69) is 6.58 Å². The van der Waals surface area contributed by atoms with Gasteiger partial charge in [0.2, 0.25) is 10.0 Å². The van der Waals surface area contributed by atoms with E-state index in [-0.39, 0.29) is 29.8 Å². The summed E-state index contributed by atoms with van der Waals surface area (Å²) < 4.78 is 46.5. The molecular formula is C15H20FNO3S. The van der Waals surface area contributed by atoms with Gasteiger partial charge in [0.05, 0.1) is 6.04 Å². The largest absolute Gasteiger partial charge is 0.490 e. The van der Waals surface area contributed by atoms with E-state index < -0.39 is 15.8 Å². The fourth-order valence-corrected chi connectivity index (χ4v) is 4.31. The van der Waals surface area contributed by atoms with Crippen LogP contribution in [0.1, 0.15) is 20.3 Å². The zero-order valence-electron chi connectivity index (χ0n) is 12.3. The fourth-order valence-electron chi connectivity index (χ4n) is 2.54. The normalized spacial score (nSPS) is 21.4. The van der Waals surface area contributed by atoms with Crippen LogP contribution in [0.15, 0.2) is 35.7 Å². The summed E-state index contributed by atoms with van der Waals surface area (Å²) in [6.07, 6.45) is 2.15. The number of ether oxygens (including phenoxy) is 1. The molecule has 0 N–H and O–H groups in total. The Morgan fingerprint density at radius 1 is 1.52 bits per heavy atom. The van der Waals surface area contributed by atoms with Gasteiger partial charge in [0.15, 0.2) is 4.90 Å². The number of fused-ring (bicyclic) bond motifs is 1. The van der Waals surface area contributed by atoms with Gasteiger partial charge in [-0.05, 0) is 24.5 Å². The smallest absolute Gasteiger partial charge is 0.250 e. The molecule has 0 aromatic heterocycles. The number of halogens is 1. The van der Waals surface area contributed by atoms with E-state index in [1.54, 1.807) is 0 Å². The first kappa shape index (κ1) is 16.0. The van der Waals surface area contributed by atoms with Gasteiger partial charge in [-0.1, -0.05) is 26.0 Å². The highest BCUT2D eigenvalue weighted by Gasteiger charge is 2.38. The van der Waals surface area contributed by atoms with Gasteiger partial charge in [0, 0.05) is 6.54 Å². The Morgan fingerprint density at radius 3 is 2.86 bits per heavy atom. The SMILES string of the molecule is C=CCN1[C@@H](CC(C)C)COc2cccc(F)c2S1(=O)=O. The third kappa shape index (κ3) is 3.11. The first-order valence-electron chi connectivity index (χ1n) is 6.92. The van der Waals surface area contributed by atoms with Crippen LogP contribution in [0.4, 0.5) is 4.39 Å². The molecule has 1 aromatic carbocycles. The van der Waals surface area contributed by atoms with Gasteiger partial charge >= 0.3 is 0 Å². The molecule has 0 saturated heterocycles. The Morgan fingerprint density at radius 2 is 2.24 bits per heavy atom. The maximum atomic E-state index is 14.0. The molecule has 0 fully saturated rings. The molecule has 0 aliphatic carbocycles. The van der Waals surface area contributed by atoms with E-state index in [9.17, 15) is 12.8 Å². The van der Waals surface area contributed by atoms with Crippen LogP contribution in [-0.4, -0.2) is 31.9 Å². The second kappa shape index (κ2) is 6.15. The number of rotatable bonds is 4. The highest BCUT2D eigenvalue weighted by atomic mass is 32.2. The van der Waals surface area contributed by atoms with Gasteiger partial charge in [-0.2, -0.15) is 4.31 Å². The standard InChI is InChI=1S/C15H20FNO3S/c1-4-8-17-12(9-11(2)3)10-20-14-7-5-6-13(16)15(14)21(17,18)19/h4-7,11-12H,1,8-10H2,2-3H3/t12-/m0/s1. The van der Waals surface area contributed by atoms with Gasteiger partial charge < -0.3 is 4.74 Å². The lowest BCUT2D eigenvalue weighted by atomic mass is 10.0. The Bertz CT molecular complexity index is 628. The Balaban J connectivity index is 2.55. The van der Waals surface area contributed by atoms with E-state index in [1.165, 1.54) is 22.5 Å². The zero-order valence-corrected chi connectivity index (χ0v) is 13.1. The summed E-state index contributed by atoms with van der Waals surface area (Å²) in [5.74, 6) is -0.408. The third-order valence-corrected chi connectivity index (χ3v) is 5.37. The van der Waals surface area contributed by atoms with Crippen molar-refractivity contribution in [1.82, 2.24) is 4.31 Å². The predicted octanol–water partition coefficient (Wildman–Crippen LogP) is 2.81. The highest BCUT2D eigenvalue weighted by molar-refractivity contribution is 7.89. The van der Waals surface area contributed by atoms with Crippen molar-refractivity contribution in [2.45, 2.75) is 31.2 Å². The van der Waals surface area contributed by atoms with Gasteiger partial charge in [-0.15, -0.1) is 6.58 Å². The van der Waals surface area contributed by atoms with Crippen LogP contribution in [0.25, 0.3) is 0 Å². The molecule has 0 amide bonds. The minimum Gasteiger partial charge on any atom is -0.490 e. The van der Waals surface area contributed by atoms with Crippen LogP contribution in [-0.2, 0) is 10.0 Å². The van der Waals surface area contributed by atoms with E-state index in [0.717, 1.165) is 6.07 Å². The topological polar surface area (TPSA) is 46.6 Å².